The maximum Gasteiger partial charge on any atom is 0.252 e. The minimum Gasteiger partial charge on any atom is -0.456 e. The largest absolute Gasteiger partial charge is 0.456 e. The molecule has 0 saturated heterocycles. The van der Waals surface area contributed by atoms with Crippen molar-refractivity contribution in [1.29, 1.82) is 0 Å². The second-order valence-corrected chi connectivity index (χ2v) is 36.8. The first-order chi connectivity index (χ1) is 60.1. The third-order valence-electron chi connectivity index (χ3n) is 24.0. The molecular weight excluding hydrogens is 1390 g/mol. The Morgan fingerprint density at radius 1 is 0.313 bits per heavy atom. The molecule has 0 amide bonds. The lowest BCUT2D eigenvalue weighted by Gasteiger charge is -2.46. The summed E-state index contributed by atoms with van der Waals surface area (Å²) in [7, 11) is 0. The van der Waals surface area contributed by atoms with E-state index in [1.54, 1.807) is 4.57 Å². The fourth-order valence-electron chi connectivity index (χ4n) is 17.6. The van der Waals surface area contributed by atoms with Crippen LogP contribution in [0.4, 0.5) is 34.1 Å². The van der Waals surface area contributed by atoms with Gasteiger partial charge in [0, 0.05) is 95.5 Å². The molecule has 5 nitrogen and oxygen atoms in total. The number of hydrogen-bond acceptors (Lipinski definition) is 3. The van der Waals surface area contributed by atoms with Crippen LogP contribution in [0, 0.1) is 0 Å². The van der Waals surface area contributed by atoms with E-state index < -0.39 is 101 Å². The third-order valence-corrected chi connectivity index (χ3v) is 24.0. The molecule has 0 radical (unpaired) electrons. The average molecular weight is 1500 g/mol. The maximum absolute atomic E-state index is 10.5. The highest BCUT2D eigenvalue weighted by atomic mass is 16.3. The van der Waals surface area contributed by atoms with Crippen LogP contribution in [-0.2, 0) is 27.1 Å². The lowest BCUT2D eigenvalue weighted by Crippen LogP contribution is -2.61. The molecule has 115 heavy (non-hydrogen) atoms. The summed E-state index contributed by atoms with van der Waals surface area (Å²) in [6, 6.07) is 74.8. The number of hydrogen-bond donors (Lipinski definition) is 0. The van der Waals surface area contributed by atoms with Crippen LogP contribution in [-0.4, -0.2) is 11.3 Å². The van der Waals surface area contributed by atoms with Gasteiger partial charge in [0.2, 0.25) is 5.69 Å². The highest BCUT2D eigenvalue weighted by molar-refractivity contribution is 7.00. The molecule has 6 heteroatoms. The summed E-state index contributed by atoms with van der Waals surface area (Å²) in [5.74, 6) is 0. The Hall–Kier alpha value is -12.5. The van der Waals surface area contributed by atoms with Crippen LogP contribution >= 0.6 is 0 Å². The van der Waals surface area contributed by atoms with Gasteiger partial charge in [0.15, 0.2) is 12.4 Å². The Labute approximate surface area is 694 Å². The van der Waals surface area contributed by atoms with Gasteiger partial charge >= 0.3 is 0 Å². The van der Waals surface area contributed by atoms with Crippen molar-refractivity contribution in [3.63, 3.8) is 0 Å². The molecule has 0 aliphatic carbocycles. The smallest absolute Gasteiger partial charge is 0.252 e. The standard InChI is InChI=1S/C109H96BN4O/c1-105(2,3)77-57-85(68-31-21-17-22-32-68)103-87(59-77)75-37-27-35-70(51-75)73-42-49-100-90(54-73)91-55-74(43-50-101(91)115-100)71-36-28-38-76(52-71)88-60-78(106(4,5)6)58-86(69-33-23-18-24-34-69)104(88)114-97-64-83(112-94-40-26-25-39-84(94)89-53-72(41-48-95(89)112)67-29-19-16-20-30-67)45-47-93(97)110-92-46-44-82(111-65-80(108(10,11)12)56-81(66-111)109(13,14)15)63-96(92)113(103)98-61-79(107(7,8)9)62-99(114)102(98)110/h16-66H,1-15H3/q+1/i16D,19D,20D,25D,26D,29D,30D,39D,40D,41D,48D,53D. The summed E-state index contributed by atoms with van der Waals surface area (Å²) in [6.45, 7) is 33.5. The molecule has 0 atom stereocenters. The van der Waals surface area contributed by atoms with E-state index in [4.69, 9.17) is 8.53 Å². The topological polar surface area (TPSA) is 28.4 Å². The Kier molecular flexibility index (Phi) is 13.4. The summed E-state index contributed by atoms with van der Waals surface area (Å²) >= 11 is 0. The minimum atomic E-state index is -0.702. The van der Waals surface area contributed by atoms with Crippen molar-refractivity contribution in [3.05, 3.63) is 337 Å². The summed E-state index contributed by atoms with van der Waals surface area (Å²) in [5, 5.41) is 1.66. The van der Waals surface area contributed by atoms with Crippen LogP contribution in [0.25, 0.3) is 133 Å². The summed E-state index contributed by atoms with van der Waals surface area (Å²) in [5.41, 5.74) is 25.1. The zero-order valence-corrected chi connectivity index (χ0v) is 67.8. The maximum atomic E-state index is 10.5. The van der Waals surface area contributed by atoms with E-state index in [1.165, 1.54) is 11.1 Å². The lowest BCUT2D eigenvalue weighted by molar-refractivity contribution is -0.597. The average Bonchev–Trinajstić information content (AvgIpc) is 1.15. The molecule has 0 unspecified atom stereocenters. The second-order valence-electron chi connectivity index (χ2n) is 36.8. The second kappa shape index (κ2) is 26.0. The highest BCUT2D eigenvalue weighted by Crippen LogP contribution is 2.56. The molecule has 560 valence electrons. The predicted octanol–water partition coefficient (Wildman–Crippen LogP) is 27.5. The first-order valence-electron chi connectivity index (χ1n) is 46.1. The van der Waals surface area contributed by atoms with Crippen molar-refractivity contribution in [2.45, 2.75) is 131 Å². The van der Waals surface area contributed by atoms with Crippen molar-refractivity contribution >= 4 is 101 Å². The Morgan fingerprint density at radius 2 is 0.757 bits per heavy atom. The van der Waals surface area contributed by atoms with Crippen LogP contribution in [0.15, 0.2) is 314 Å². The van der Waals surface area contributed by atoms with Crippen LogP contribution < -0.4 is 30.8 Å². The van der Waals surface area contributed by atoms with Crippen LogP contribution in [0.3, 0.4) is 0 Å². The van der Waals surface area contributed by atoms with Crippen molar-refractivity contribution in [2.24, 2.45) is 0 Å². The number of furan rings is 1. The molecule has 20 rings (SSSR count). The van der Waals surface area contributed by atoms with E-state index in [9.17, 15) is 12.3 Å². The fourth-order valence-corrected chi connectivity index (χ4v) is 17.6. The van der Waals surface area contributed by atoms with E-state index in [0.29, 0.717) is 11.4 Å². The van der Waals surface area contributed by atoms with Crippen LogP contribution in [0.1, 0.15) is 148 Å². The van der Waals surface area contributed by atoms with Crippen LogP contribution in [0.5, 0.6) is 0 Å². The number of anilines is 6. The molecule has 3 aromatic heterocycles. The first kappa shape index (κ1) is 59.2. The number of aromatic nitrogens is 2. The molecule has 3 aliphatic rings. The SMILES string of the molecule is [2H]c1c([2H])c([2H])c(-c2c([2H])c([2H])c3c(c2[2H])c2c([2H])c([2H])c([2H])c([2H])c2n3-c2ccc3c(c2)N2c4cc(C(C)(C)C)cc5c4B3c3ccc(-[n+]4cc(C(C)(C)C)cc(C(C)(C)C)c4)cc3N5c3c(-c4ccccc4)cc(C(C)(C)C)cc3-c3cccc(c3)-c3ccc4oc5ccc(cc5c4c3)-c3cccc(c3)-c3cc(C(C)(C)C)cc(-c4ccccc4)c32)c([2H])c1[2H]. The van der Waals surface area contributed by atoms with E-state index in [-0.39, 0.29) is 38.1 Å². The zero-order valence-electron chi connectivity index (χ0n) is 79.8. The normalized spacial score (nSPS) is 14.8. The van der Waals surface area contributed by atoms with Crippen molar-refractivity contribution in [1.82, 2.24) is 4.57 Å². The molecule has 6 heterocycles. The zero-order chi connectivity index (χ0) is 89.5. The highest BCUT2D eigenvalue weighted by Gasteiger charge is 2.47. The van der Waals surface area contributed by atoms with Crippen LogP contribution in [0.2, 0.25) is 0 Å². The molecular formula is C109H96BN4O+. The lowest BCUT2D eigenvalue weighted by atomic mass is 9.33. The number of benzene rings is 14. The summed E-state index contributed by atoms with van der Waals surface area (Å²) in [4.78, 5) is 5.04. The molecule has 13 bridgehead atoms. The summed E-state index contributed by atoms with van der Waals surface area (Å²) < 4.78 is 126. The third kappa shape index (κ3) is 12.0. The van der Waals surface area contributed by atoms with E-state index in [1.807, 2.05) is 12.1 Å². The van der Waals surface area contributed by atoms with Crippen molar-refractivity contribution < 1.29 is 25.4 Å². The van der Waals surface area contributed by atoms with Crippen molar-refractivity contribution in [3.8, 4) is 89.3 Å². The van der Waals surface area contributed by atoms with E-state index in [2.05, 4.69) is 343 Å². The van der Waals surface area contributed by atoms with Gasteiger partial charge in [-0.3, -0.25) is 0 Å². The molecule has 0 spiro atoms. The number of para-hydroxylation sites is 1. The van der Waals surface area contributed by atoms with Gasteiger partial charge in [-0.2, -0.15) is 4.57 Å². The van der Waals surface area contributed by atoms with E-state index in [0.717, 1.165) is 156 Å². The van der Waals surface area contributed by atoms with Gasteiger partial charge < -0.3 is 18.8 Å². The number of fused-ring (bicyclic) bond motifs is 23. The monoisotopic (exact) mass is 1500 g/mol. The Morgan fingerprint density at radius 3 is 1.28 bits per heavy atom. The quantitative estimate of drug-likeness (QED) is 0.127. The number of pyridine rings is 1. The van der Waals surface area contributed by atoms with Crippen molar-refractivity contribution in [2.75, 3.05) is 9.80 Å². The Bertz CT molecular complexity index is 7580. The minimum absolute atomic E-state index is 0.0864. The molecule has 17 aromatic rings. The van der Waals surface area contributed by atoms with E-state index >= 15 is 0 Å². The number of rotatable bonds is 5. The fraction of sp³-hybridized carbons (Fsp3) is 0.183. The van der Waals surface area contributed by atoms with Gasteiger partial charge in [-0.25, -0.2) is 0 Å². The Balaban J connectivity index is 1.01. The van der Waals surface area contributed by atoms with Gasteiger partial charge in [-0.15, -0.1) is 0 Å². The molecule has 0 N–H and O–H groups in total. The van der Waals surface area contributed by atoms with Gasteiger partial charge in [-0.1, -0.05) is 280 Å². The molecule has 0 fully saturated rings. The van der Waals surface area contributed by atoms with Gasteiger partial charge in [0.05, 0.1) is 38.9 Å². The molecule has 0 saturated carbocycles. The van der Waals surface area contributed by atoms with Gasteiger partial charge in [0.25, 0.3) is 6.71 Å². The molecule has 3 aliphatic heterocycles. The predicted molar refractivity (Wildman–Crippen MR) is 489 cm³/mol. The van der Waals surface area contributed by atoms with Gasteiger partial charge in [-0.05, 0) is 225 Å². The molecule has 14 aromatic carbocycles. The van der Waals surface area contributed by atoms with Gasteiger partial charge in [0.1, 0.15) is 11.2 Å². The summed E-state index contributed by atoms with van der Waals surface area (Å²) in [6.07, 6.45) is 4.59. The number of nitrogens with zero attached hydrogens (tertiary/aromatic N) is 4. The first-order valence-corrected chi connectivity index (χ1v) is 40.1.